The third kappa shape index (κ3) is 4.40. The van der Waals surface area contributed by atoms with Gasteiger partial charge in [-0.1, -0.05) is 0 Å². The molecule has 2 rings (SSSR count). The molecule has 3 heteroatoms. The molecule has 1 aliphatic carbocycles. The van der Waals surface area contributed by atoms with E-state index < -0.39 is 0 Å². The predicted molar refractivity (Wildman–Crippen MR) is 66.7 cm³/mol. The van der Waals surface area contributed by atoms with Crippen molar-refractivity contribution in [1.29, 1.82) is 0 Å². The molecule has 3 nitrogen and oxygen atoms in total. The number of hydrogen-bond donors (Lipinski definition) is 1. The van der Waals surface area contributed by atoms with Gasteiger partial charge in [0.25, 0.3) is 0 Å². The van der Waals surface area contributed by atoms with Crippen molar-refractivity contribution in [3.63, 3.8) is 0 Å². The molecule has 0 radical (unpaired) electrons. The first kappa shape index (κ1) is 12.3. The first-order chi connectivity index (χ1) is 7.88. The molecule has 0 amide bonds. The van der Waals surface area contributed by atoms with Gasteiger partial charge in [0, 0.05) is 39.4 Å². The number of hydrogen-bond acceptors (Lipinski definition) is 3. The summed E-state index contributed by atoms with van der Waals surface area (Å²) in [6, 6.07) is 0.751. The van der Waals surface area contributed by atoms with Crippen molar-refractivity contribution in [2.75, 3.05) is 39.9 Å². The molecule has 1 saturated carbocycles. The number of methoxy groups -OCH3 is 1. The smallest absolute Gasteiger partial charge is 0.0474 e. The maximum absolute atomic E-state index is 5.14. The van der Waals surface area contributed by atoms with E-state index in [0.29, 0.717) is 0 Å². The van der Waals surface area contributed by atoms with E-state index in [4.69, 9.17) is 4.74 Å². The van der Waals surface area contributed by atoms with Gasteiger partial charge in [-0.25, -0.2) is 0 Å². The second-order valence-corrected chi connectivity index (χ2v) is 5.34. The van der Waals surface area contributed by atoms with Crippen LogP contribution in [0.5, 0.6) is 0 Å². The van der Waals surface area contributed by atoms with Gasteiger partial charge >= 0.3 is 0 Å². The molecule has 2 fully saturated rings. The van der Waals surface area contributed by atoms with Crippen LogP contribution in [0.4, 0.5) is 0 Å². The molecule has 1 heterocycles. The molecule has 1 saturated heterocycles. The number of rotatable bonds is 8. The summed E-state index contributed by atoms with van der Waals surface area (Å²) in [7, 11) is 1.80. The molecular weight excluding hydrogens is 200 g/mol. The van der Waals surface area contributed by atoms with E-state index in [-0.39, 0.29) is 0 Å². The maximum atomic E-state index is 5.14. The van der Waals surface area contributed by atoms with Crippen molar-refractivity contribution >= 4 is 0 Å². The lowest BCUT2D eigenvalue weighted by Crippen LogP contribution is -2.39. The van der Waals surface area contributed by atoms with Gasteiger partial charge in [-0.2, -0.15) is 0 Å². The van der Waals surface area contributed by atoms with Gasteiger partial charge in [0.15, 0.2) is 0 Å². The zero-order chi connectivity index (χ0) is 11.2. The molecule has 1 atom stereocenters. The fourth-order valence-corrected chi connectivity index (χ4v) is 2.58. The summed E-state index contributed by atoms with van der Waals surface area (Å²) in [4.78, 5) is 2.65. The van der Waals surface area contributed by atoms with Crippen LogP contribution >= 0.6 is 0 Å². The first-order valence-corrected chi connectivity index (χ1v) is 6.83. The second kappa shape index (κ2) is 6.58. The van der Waals surface area contributed by atoms with Crippen LogP contribution in [0.3, 0.4) is 0 Å². The standard InChI is InChI=1S/C13H26N2O/c1-16-9-3-8-15(10-12-5-6-12)11-13-4-2-7-14-13/h12-14H,2-11H2,1H3. The van der Waals surface area contributed by atoms with Crippen LogP contribution in [0.1, 0.15) is 32.1 Å². The van der Waals surface area contributed by atoms with E-state index in [0.717, 1.165) is 18.6 Å². The minimum absolute atomic E-state index is 0.751. The first-order valence-electron chi connectivity index (χ1n) is 6.83. The summed E-state index contributed by atoms with van der Waals surface area (Å²) in [5.41, 5.74) is 0. The summed E-state index contributed by atoms with van der Waals surface area (Å²) < 4.78 is 5.14. The lowest BCUT2D eigenvalue weighted by molar-refractivity contribution is 0.165. The molecule has 1 aliphatic heterocycles. The normalized spacial score (nSPS) is 25.5. The van der Waals surface area contributed by atoms with Gasteiger partial charge in [0.1, 0.15) is 0 Å². The van der Waals surface area contributed by atoms with E-state index in [1.54, 1.807) is 7.11 Å². The highest BCUT2D eigenvalue weighted by atomic mass is 16.5. The van der Waals surface area contributed by atoms with E-state index >= 15 is 0 Å². The molecule has 1 N–H and O–H groups in total. The quantitative estimate of drug-likeness (QED) is 0.635. The van der Waals surface area contributed by atoms with Crippen molar-refractivity contribution in [2.24, 2.45) is 5.92 Å². The Labute approximate surface area is 99.5 Å². The van der Waals surface area contributed by atoms with Crippen LogP contribution in [0.2, 0.25) is 0 Å². The second-order valence-electron chi connectivity index (χ2n) is 5.34. The molecule has 94 valence electrons. The lowest BCUT2D eigenvalue weighted by Gasteiger charge is -2.25. The number of nitrogens with one attached hydrogen (secondary N) is 1. The van der Waals surface area contributed by atoms with Gasteiger partial charge in [0.2, 0.25) is 0 Å². The molecular formula is C13H26N2O. The average Bonchev–Trinajstić information content (AvgIpc) is 2.93. The fraction of sp³-hybridized carbons (Fsp3) is 1.00. The van der Waals surface area contributed by atoms with Gasteiger partial charge in [-0.15, -0.1) is 0 Å². The zero-order valence-corrected chi connectivity index (χ0v) is 10.6. The Morgan fingerprint density at radius 2 is 2.12 bits per heavy atom. The van der Waals surface area contributed by atoms with Gasteiger partial charge in [-0.3, -0.25) is 0 Å². The Bertz CT molecular complexity index is 188. The van der Waals surface area contributed by atoms with Crippen LogP contribution < -0.4 is 5.32 Å². The molecule has 0 aromatic carbocycles. The van der Waals surface area contributed by atoms with Crippen molar-refractivity contribution in [1.82, 2.24) is 10.2 Å². The third-order valence-corrected chi connectivity index (χ3v) is 3.68. The van der Waals surface area contributed by atoms with E-state index in [2.05, 4.69) is 10.2 Å². The monoisotopic (exact) mass is 226 g/mol. The van der Waals surface area contributed by atoms with Crippen molar-refractivity contribution in [3.8, 4) is 0 Å². The molecule has 16 heavy (non-hydrogen) atoms. The molecule has 0 spiro atoms. The minimum atomic E-state index is 0.751. The SMILES string of the molecule is COCCCN(CC1CC1)CC1CCCN1. The summed E-state index contributed by atoms with van der Waals surface area (Å²) >= 11 is 0. The number of nitrogens with zero attached hydrogens (tertiary/aromatic N) is 1. The number of ether oxygens (including phenoxy) is 1. The maximum Gasteiger partial charge on any atom is 0.0474 e. The highest BCUT2D eigenvalue weighted by Crippen LogP contribution is 2.29. The Hall–Kier alpha value is -0.120. The van der Waals surface area contributed by atoms with Crippen LogP contribution in [0.15, 0.2) is 0 Å². The van der Waals surface area contributed by atoms with E-state index in [1.807, 2.05) is 0 Å². The summed E-state index contributed by atoms with van der Waals surface area (Å²) in [5, 5.41) is 3.60. The molecule has 1 unspecified atom stereocenters. The summed E-state index contributed by atoms with van der Waals surface area (Å²) in [6.45, 7) is 5.91. The molecule has 0 aromatic rings. The van der Waals surface area contributed by atoms with Gasteiger partial charge in [0.05, 0.1) is 0 Å². The molecule has 0 bridgehead atoms. The summed E-state index contributed by atoms with van der Waals surface area (Å²) in [6.07, 6.45) is 6.82. The van der Waals surface area contributed by atoms with E-state index in [1.165, 1.54) is 58.3 Å². The highest BCUT2D eigenvalue weighted by Gasteiger charge is 2.26. The minimum Gasteiger partial charge on any atom is -0.385 e. The van der Waals surface area contributed by atoms with Crippen LogP contribution in [-0.2, 0) is 4.74 Å². The lowest BCUT2D eigenvalue weighted by atomic mass is 10.2. The zero-order valence-electron chi connectivity index (χ0n) is 10.6. The molecule has 0 aromatic heterocycles. The Balaban J connectivity index is 1.67. The Morgan fingerprint density at radius 1 is 1.25 bits per heavy atom. The largest absolute Gasteiger partial charge is 0.385 e. The van der Waals surface area contributed by atoms with Crippen LogP contribution in [0, 0.1) is 5.92 Å². The Morgan fingerprint density at radius 3 is 2.75 bits per heavy atom. The fourth-order valence-electron chi connectivity index (χ4n) is 2.58. The average molecular weight is 226 g/mol. The molecule has 2 aliphatic rings. The Kier molecular flexibility index (Phi) is 5.07. The van der Waals surface area contributed by atoms with Crippen molar-refractivity contribution in [3.05, 3.63) is 0 Å². The topological polar surface area (TPSA) is 24.5 Å². The van der Waals surface area contributed by atoms with Gasteiger partial charge < -0.3 is 15.0 Å². The van der Waals surface area contributed by atoms with Crippen molar-refractivity contribution in [2.45, 2.75) is 38.1 Å². The highest BCUT2D eigenvalue weighted by molar-refractivity contribution is 4.82. The van der Waals surface area contributed by atoms with Crippen LogP contribution in [0.25, 0.3) is 0 Å². The summed E-state index contributed by atoms with van der Waals surface area (Å²) in [5.74, 6) is 1.00. The third-order valence-electron chi connectivity index (χ3n) is 3.68. The van der Waals surface area contributed by atoms with Crippen LogP contribution in [-0.4, -0.2) is 50.8 Å². The van der Waals surface area contributed by atoms with E-state index in [9.17, 15) is 0 Å². The van der Waals surface area contributed by atoms with Gasteiger partial charge in [-0.05, 0) is 44.6 Å². The predicted octanol–water partition coefficient (Wildman–Crippen LogP) is 1.49. The van der Waals surface area contributed by atoms with Crippen molar-refractivity contribution < 1.29 is 4.74 Å².